The highest BCUT2D eigenvalue weighted by molar-refractivity contribution is 7.41. The van der Waals surface area contributed by atoms with Crippen molar-refractivity contribution in [3.8, 4) is 0 Å². The minimum atomic E-state index is -1.78. The zero-order valence-corrected chi connectivity index (χ0v) is 37.2. The van der Waals surface area contributed by atoms with Crippen molar-refractivity contribution in [2.45, 2.75) is 213 Å². The molecule has 0 heterocycles. The number of hydrogen-bond acceptors (Lipinski definition) is 7. The lowest BCUT2D eigenvalue weighted by atomic mass is 10.0. The third-order valence-corrected chi connectivity index (χ3v) is 11.5. The molecular formula is C49H81O7P. The number of carbonyl (C=O) groups excluding carboxylic acids is 2. The van der Waals surface area contributed by atoms with Gasteiger partial charge in [0.15, 0.2) is 6.10 Å². The molecule has 0 aromatic heterocycles. The van der Waals surface area contributed by atoms with Gasteiger partial charge in [-0.15, -0.1) is 0 Å². The van der Waals surface area contributed by atoms with E-state index in [-0.39, 0.29) is 25.2 Å². The van der Waals surface area contributed by atoms with Gasteiger partial charge in [0.05, 0.1) is 19.8 Å². The fourth-order valence-corrected chi connectivity index (χ4v) is 7.87. The molecule has 2 rings (SSSR count). The minimum Gasteiger partial charge on any atom is -0.462 e. The van der Waals surface area contributed by atoms with Gasteiger partial charge in [-0.2, -0.15) is 0 Å². The summed E-state index contributed by atoms with van der Waals surface area (Å²) in [6, 6.07) is 19.7. The van der Waals surface area contributed by atoms with Crippen LogP contribution in [0.4, 0.5) is 0 Å². The van der Waals surface area contributed by atoms with Crippen molar-refractivity contribution >= 4 is 20.5 Å². The second-order valence-corrected chi connectivity index (χ2v) is 17.0. The number of rotatable bonds is 40. The first-order chi connectivity index (χ1) is 28.1. The third kappa shape index (κ3) is 31.3. The first-order valence-electron chi connectivity index (χ1n) is 23.2. The van der Waals surface area contributed by atoms with Crippen LogP contribution in [0.1, 0.15) is 205 Å². The van der Waals surface area contributed by atoms with E-state index in [2.05, 4.69) is 13.8 Å². The molecule has 2 aromatic rings. The molecule has 0 amide bonds. The standard InChI is InChI=1S/C49H81O7P/c1-3-5-7-9-11-13-15-17-19-21-23-25-33-39-48(50)52-43-47(56-49(51)40-34-26-24-22-20-18-16-14-12-10-8-6-4-2)44-55-57(53-41-45-35-29-27-30-36-45)54-42-46-37-31-28-32-38-46/h27-32,35-38,47H,3-26,33-34,39-44H2,1-2H3/t47-/m1/s1. The van der Waals surface area contributed by atoms with Crippen molar-refractivity contribution in [2.75, 3.05) is 13.2 Å². The van der Waals surface area contributed by atoms with Crippen LogP contribution in [0.25, 0.3) is 0 Å². The minimum absolute atomic E-state index is 0.00560. The Bertz CT molecular complexity index is 1140. The summed E-state index contributed by atoms with van der Waals surface area (Å²) in [6.45, 7) is 5.12. The topological polar surface area (TPSA) is 80.3 Å². The first-order valence-corrected chi connectivity index (χ1v) is 24.3. The molecule has 0 spiro atoms. The van der Waals surface area contributed by atoms with Gasteiger partial charge in [-0.25, -0.2) is 0 Å². The fourth-order valence-electron chi connectivity index (χ4n) is 6.85. The van der Waals surface area contributed by atoms with E-state index < -0.39 is 14.7 Å². The summed E-state index contributed by atoms with van der Waals surface area (Å²) in [5.74, 6) is -0.558. The maximum absolute atomic E-state index is 13.0. The van der Waals surface area contributed by atoms with E-state index in [1.807, 2.05) is 60.7 Å². The number of hydrogen-bond donors (Lipinski definition) is 0. The van der Waals surface area contributed by atoms with E-state index in [0.717, 1.165) is 49.7 Å². The van der Waals surface area contributed by atoms with Crippen molar-refractivity contribution in [3.05, 3.63) is 71.8 Å². The quantitative estimate of drug-likeness (QED) is 0.0377. The summed E-state index contributed by atoms with van der Waals surface area (Å²) in [6.07, 6.45) is 32.5. The molecule has 0 N–H and O–H groups in total. The molecule has 0 saturated heterocycles. The van der Waals surface area contributed by atoms with Crippen LogP contribution in [0, 0.1) is 0 Å². The molecule has 0 bridgehead atoms. The highest BCUT2D eigenvalue weighted by atomic mass is 31.2. The van der Waals surface area contributed by atoms with Gasteiger partial charge in [-0.1, -0.05) is 229 Å². The number of unbranched alkanes of at least 4 members (excludes halogenated alkanes) is 24. The van der Waals surface area contributed by atoms with Gasteiger partial charge in [-0.05, 0) is 24.0 Å². The van der Waals surface area contributed by atoms with E-state index in [1.54, 1.807) is 0 Å². The summed E-state index contributed by atoms with van der Waals surface area (Å²) >= 11 is 0. The average Bonchev–Trinajstić information content (AvgIpc) is 3.23. The normalized spacial score (nSPS) is 11.9. The molecule has 57 heavy (non-hydrogen) atoms. The van der Waals surface area contributed by atoms with Crippen LogP contribution in [0.5, 0.6) is 0 Å². The first kappa shape index (κ1) is 50.8. The lowest BCUT2D eigenvalue weighted by Gasteiger charge is -2.22. The van der Waals surface area contributed by atoms with Crippen LogP contribution in [0.15, 0.2) is 60.7 Å². The second-order valence-electron chi connectivity index (χ2n) is 15.8. The van der Waals surface area contributed by atoms with Gasteiger partial charge in [0.25, 0.3) is 0 Å². The SMILES string of the molecule is CCCCCCCCCCCCCCCC(=O)OC[C@H](COP(OCc1ccccc1)OCc1ccccc1)OC(=O)CCCCCCCCCCCCCCC. The molecule has 0 unspecified atom stereocenters. The Labute approximate surface area is 350 Å². The summed E-state index contributed by atoms with van der Waals surface area (Å²) in [4.78, 5) is 25.8. The monoisotopic (exact) mass is 813 g/mol. The molecule has 0 fully saturated rings. The Hall–Kier alpha value is -2.31. The van der Waals surface area contributed by atoms with Crippen molar-refractivity contribution in [1.82, 2.24) is 0 Å². The van der Waals surface area contributed by atoms with Gasteiger partial charge >= 0.3 is 20.5 Å². The molecule has 0 saturated carbocycles. The molecule has 1 atom stereocenters. The van der Waals surface area contributed by atoms with Crippen LogP contribution in [0.2, 0.25) is 0 Å². The summed E-state index contributed by atoms with van der Waals surface area (Å²) in [5.41, 5.74) is 2.00. The molecule has 0 radical (unpaired) electrons. The smallest absolute Gasteiger partial charge is 0.333 e. The zero-order valence-electron chi connectivity index (χ0n) is 36.3. The van der Waals surface area contributed by atoms with E-state index in [9.17, 15) is 9.59 Å². The van der Waals surface area contributed by atoms with Crippen molar-refractivity contribution < 1.29 is 32.6 Å². The number of esters is 2. The maximum atomic E-state index is 13.0. The maximum Gasteiger partial charge on any atom is 0.333 e. The molecular weight excluding hydrogens is 732 g/mol. The highest BCUT2D eigenvalue weighted by Crippen LogP contribution is 2.42. The van der Waals surface area contributed by atoms with E-state index in [1.165, 1.54) is 128 Å². The molecule has 8 heteroatoms. The second kappa shape index (κ2) is 37.9. The molecule has 2 aromatic carbocycles. The third-order valence-electron chi connectivity index (χ3n) is 10.4. The van der Waals surface area contributed by atoms with Crippen LogP contribution in [-0.4, -0.2) is 31.3 Å². The van der Waals surface area contributed by atoms with Gasteiger partial charge in [0.1, 0.15) is 6.61 Å². The molecule has 0 aliphatic carbocycles. The fraction of sp³-hybridized carbons (Fsp3) is 0.714. The van der Waals surface area contributed by atoms with Gasteiger partial charge in [0, 0.05) is 12.8 Å². The number of benzene rings is 2. The Kier molecular flexibility index (Phi) is 33.8. The summed E-state index contributed by atoms with van der Waals surface area (Å²) in [7, 11) is -1.78. The van der Waals surface area contributed by atoms with Crippen LogP contribution in [0.3, 0.4) is 0 Å². The van der Waals surface area contributed by atoms with Crippen molar-refractivity contribution in [1.29, 1.82) is 0 Å². The Morgan fingerprint density at radius 2 is 0.789 bits per heavy atom. The lowest BCUT2D eigenvalue weighted by Crippen LogP contribution is -2.29. The lowest BCUT2D eigenvalue weighted by molar-refractivity contribution is -0.161. The number of carbonyl (C=O) groups is 2. The Balaban J connectivity index is 1.76. The van der Waals surface area contributed by atoms with Crippen LogP contribution in [-0.2, 0) is 45.8 Å². The summed E-state index contributed by atoms with van der Waals surface area (Å²) < 4.78 is 29.8. The van der Waals surface area contributed by atoms with Gasteiger partial charge in [0.2, 0.25) is 0 Å². The summed E-state index contributed by atoms with van der Waals surface area (Å²) in [5, 5.41) is 0. The van der Waals surface area contributed by atoms with Crippen molar-refractivity contribution in [2.24, 2.45) is 0 Å². The predicted molar refractivity (Wildman–Crippen MR) is 237 cm³/mol. The molecule has 7 nitrogen and oxygen atoms in total. The Morgan fingerprint density at radius 1 is 0.439 bits per heavy atom. The van der Waals surface area contributed by atoms with Gasteiger partial charge in [-0.3, -0.25) is 9.59 Å². The predicted octanol–water partition coefficient (Wildman–Crippen LogP) is 15.1. The van der Waals surface area contributed by atoms with E-state index in [0.29, 0.717) is 26.1 Å². The zero-order chi connectivity index (χ0) is 40.7. The Morgan fingerprint density at radius 3 is 1.18 bits per heavy atom. The highest BCUT2D eigenvalue weighted by Gasteiger charge is 2.22. The van der Waals surface area contributed by atoms with Gasteiger partial charge < -0.3 is 23.0 Å². The van der Waals surface area contributed by atoms with E-state index in [4.69, 9.17) is 23.0 Å². The molecule has 0 aliphatic rings. The largest absolute Gasteiger partial charge is 0.462 e. The van der Waals surface area contributed by atoms with Crippen molar-refractivity contribution in [3.63, 3.8) is 0 Å². The average molecular weight is 813 g/mol. The van der Waals surface area contributed by atoms with Crippen LogP contribution < -0.4 is 0 Å². The van der Waals surface area contributed by atoms with E-state index >= 15 is 0 Å². The number of ether oxygens (including phenoxy) is 2. The molecule has 0 aliphatic heterocycles. The molecule has 324 valence electrons. The van der Waals surface area contributed by atoms with Crippen LogP contribution >= 0.6 is 8.60 Å².